The zero-order valence-electron chi connectivity index (χ0n) is 25.8. The molecule has 10 nitrogen and oxygen atoms in total. The molecule has 12 atom stereocenters. The number of rotatable bonds is 12. The number of carbonyl (C=O) groups excluding carboxylic acids is 4. The van der Waals surface area contributed by atoms with Gasteiger partial charge in [-0.15, -0.1) is 0 Å². The van der Waals surface area contributed by atoms with Crippen molar-refractivity contribution in [2.45, 2.75) is 64.2 Å². The SMILES string of the molecule is O=C([O-])C1CC2C3C=CC(C3)C2CC1C(=O)OCCCCO.O=C([O-])C1CC2C3C=CC(C3)C2CC1C(=O)OCCCCO.[Pb+2]. The molecule has 45 heavy (non-hydrogen) atoms. The first-order valence-electron chi connectivity index (χ1n) is 16.6. The van der Waals surface area contributed by atoms with Crippen molar-refractivity contribution in [1.82, 2.24) is 0 Å². The van der Waals surface area contributed by atoms with E-state index in [0.29, 0.717) is 98.7 Å². The number of carbonyl (C=O) groups is 4. The summed E-state index contributed by atoms with van der Waals surface area (Å²) in [7, 11) is 0. The predicted octanol–water partition coefficient (Wildman–Crippen LogP) is 0.652. The van der Waals surface area contributed by atoms with Crippen LogP contribution in [-0.2, 0) is 28.7 Å². The third-order valence-corrected chi connectivity index (χ3v) is 11.5. The van der Waals surface area contributed by atoms with Crippen LogP contribution in [0.3, 0.4) is 0 Å². The van der Waals surface area contributed by atoms with Crippen LogP contribution in [0.2, 0.25) is 0 Å². The number of hydrogen-bond acceptors (Lipinski definition) is 10. The van der Waals surface area contributed by atoms with Gasteiger partial charge < -0.3 is 39.5 Å². The monoisotopic (exact) mass is 822 g/mol. The second-order valence-corrected chi connectivity index (χ2v) is 13.8. The summed E-state index contributed by atoms with van der Waals surface area (Å²) in [5.74, 6) is -2.07. The Balaban J connectivity index is 0.000000200. The summed E-state index contributed by atoms with van der Waals surface area (Å²) >= 11 is 0. The number of allylic oxidation sites excluding steroid dienone is 4. The fourth-order valence-electron chi connectivity index (χ4n) is 9.31. The molecule has 2 radical (unpaired) electrons. The average Bonchev–Trinajstić information content (AvgIpc) is 3.83. The van der Waals surface area contributed by atoms with Gasteiger partial charge >= 0.3 is 39.2 Å². The fraction of sp³-hybridized carbons (Fsp3) is 0.765. The molecule has 11 heteroatoms. The molecular weight excluding hydrogens is 776 g/mol. The number of aliphatic hydroxyl groups is 2. The second-order valence-electron chi connectivity index (χ2n) is 13.8. The zero-order valence-corrected chi connectivity index (χ0v) is 29.7. The Bertz CT molecular complexity index is 1040. The Kier molecular flexibility index (Phi) is 13.1. The van der Waals surface area contributed by atoms with E-state index in [2.05, 4.69) is 24.3 Å². The largest absolute Gasteiger partial charge is 2.00 e. The van der Waals surface area contributed by atoms with E-state index < -0.39 is 47.5 Å². The van der Waals surface area contributed by atoms with Crippen LogP contribution in [0.15, 0.2) is 24.3 Å². The van der Waals surface area contributed by atoms with Gasteiger partial charge in [-0.2, -0.15) is 0 Å². The van der Waals surface area contributed by atoms with Crippen LogP contribution in [-0.4, -0.2) is 87.8 Å². The predicted molar refractivity (Wildman–Crippen MR) is 158 cm³/mol. The van der Waals surface area contributed by atoms with Gasteiger partial charge in [0, 0.05) is 37.0 Å². The Hall–Kier alpha value is -1.80. The summed E-state index contributed by atoms with van der Waals surface area (Å²) in [5, 5.41) is 40.4. The molecule has 0 aliphatic heterocycles. The first-order valence-corrected chi connectivity index (χ1v) is 16.6. The number of carboxylic acids is 2. The van der Waals surface area contributed by atoms with Crippen LogP contribution in [0.1, 0.15) is 64.2 Å². The van der Waals surface area contributed by atoms with Crippen molar-refractivity contribution in [3.63, 3.8) is 0 Å². The number of hydrogen-bond donors (Lipinski definition) is 2. The summed E-state index contributed by atoms with van der Waals surface area (Å²) in [6, 6.07) is 0. The van der Waals surface area contributed by atoms with Gasteiger partial charge in [0.25, 0.3) is 0 Å². The van der Waals surface area contributed by atoms with Crippen LogP contribution < -0.4 is 10.2 Å². The van der Waals surface area contributed by atoms with E-state index in [-0.39, 0.29) is 53.7 Å². The number of aliphatic carboxylic acids is 2. The van der Waals surface area contributed by atoms with Crippen molar-refractivity contribution in [1.29, 1.82) is 0 Å². The van der Waals surface area contributed by atoms with Crippen LogP contribution >= 0.6 is 0 Å². The molecule has 0 aromatic carbocycles. The molecule has 4 saturated carbocycles. The number of carboxylic acid groups (broad SMARTS) is 2. The molecule has 0 saturated heterocycles. The summed E-state index contributed by atoms with van der Waals surface area (Å²) in [6.07, 6.45) is 15.8. The average molecular weight is 822 g/mol. The second kappa shape index (κ2) is 16.3. The molecule has 2 N–H and O–H groups in total. The van der Waals surface area contributed by atoms with E-state index >= 15 is 0 Å². The zero-order chi connectivity index (χ0) is 31.4. The van der Waals surface area contributed by atoms with Crippen molar-refractivity contribution < 1.29 is 49.1 Å². The van der Waals surface area contributed by atoms with E-state index in [1.54, 1.807) is 0 Å². The van der Waals surface area contributed by atoms with Crippen molar-refractivity contribution in [3.05, 3.63) is 24.3 Å². The molecule has 4 bridgehead atoms. The number of ether oxygens (including phenoxy) is 2. The first-order chi connectivity index (χ1) is 21.2. The molecule has 6 aliphatic rings. The molecule has 0 amide bonds. The molecule has 0 aromatic rings. The summed E-state index contributed by atoms with van der Waals surface area (Å²) in [4.78, 5) is 47.5. The third-order valence-electron chi connectivity index (χ3n) is 11.5. The number of esters is 2. The summed E-state index contributed by atoms with van der Waals surface area (Å²) in [6.45, 7) is 0.634. The quantitative estimate of drug-likeness (QED) is 0.123. The third kappa shape index (κ3) is 8.02. The minimum atomic E-state index is -1.12. The summed E-state index contributed by atoms with van der Waals surface area (Å²) < 4.78 is 10.5. The van der Waals surface area contributed by atoms with Crippen LogP contribution in [0.4, 0.5) is 0 Å². The first kappa shape index (κ1) is 36.0. The topological polar surface area (TPSA) is 173 Å². The smallest absolute Gasteiger partial charge is 0.550 e. The standard InChI is InChI=1S/2C17H24O5.Pb/c2*18-5-1-2-6-22-17(21)15-9-13-11-4-3-10(7-11)12(13)8-14(15)16(19)20;/h2*3-4,10-15,18H,1-2,5-9H2,(H,19,20);/q;;+2/p-2. The van der Waals surface area contributed by atoms with Crippen LogP contribution in [0.5, 0.6) is 0 Å². The van der Waals surface area contributed by atoms with E-state index in [0.717, 1.165) is 12.8 Å². The van der Waals surface area contributed by atoms with Crippen LogP contribution in [0.25, 0.3) is 0 Å². The van der Waals surface area contributed by atoms with Gasteiger partial charge in [-0.05, 0) is 112 Å². The molecule has 12 unspecified atom stereocenters. The van der Waals surface area contributed by atoms with Crippen molar-refractivity contribution in [3.8, 4) is 0 Å². The molecule has 4 fully saturated rings. The van der Waals surface area contributed by atoms with Gasteiger partial charge in [-0.3, -0.25) is 9.59 Å². The molecule has 6 aliphatic carbocycles. The van der Waals surface area contributed by atoms with Gasteiger partial charge in [-0.1, -0.05) is 24.3 Å². The van der Waals surface area contributed by atoms with Gasteiger partial charge in [0.2, 0.25) is 0 Å². The maximum Gasteiger partial charge on any atom is 2.00 e. The number of aliphatic hydroxyl groups excluding tert-OH is 2. The number of fused-ring (bicyclic) bond motifs is 10. The molecule has 0 spiro atoms. The maximum atomic E-state index is 12.3. The molecular formula is C34H46O10Pb. The minimum absolute atomic E-state index is 0. The van der Waals surface area contributed by atoms with Gasteiger partial charge in [-0.25, -0.2) is 0 Å². The van der Waals surface area contributed by atoms with E-state index in [9.17, 15) is 29.4 Å². The Morgan fingerprint density at radius 3 is 1.13 bits per heavy atom. The number of unbranched alkanes of at least 4 members (excludes halogenated alkanes) is 2. The molecule has 0 heterocycles. The fourth-order valence-corrected chi connectivity index (χ4v) is 9.31. The van der Waals surface area contributed by atoms with E-state index in [4.69, 9.17) is 19.7 Å². The Morgan fingerprint density at radius 1 is 0.533 bits per heavy atom. The van der Waals surface area contributed by atoms with Crippen molar-refractivity contribution in [2.24, 2.45) is 71.0 Å². The van der Waals surface area contributed by atoms with Gasteiger partial charge in [0.15, 0.2) is 0 Å². The maximum absolute atomic E-state index is 12.3. The summed E-state index contributed by atoms with van der Waals surface area (Å²) in [5.41, 5.74) is 0. The van der Waals surface area contributed by atoms with Crippen molar-refractivity contribution >= 4 is 51.2 Å². The van der Waals surface area contributed by atoms with E-state index in [1.165, 1.54) is 0 Å². The van der Waals surface area contributed by atoms with Gasteiger partial charge in [0.05, 0.1) is 25.0 Å². The molecule has 246 valence electrons. The van der Waals surface area contributed by atoms with Crippen LogP contribution in [0, 0.1) is 71.0 Å². The Labute approximate surface area is 285 Å². The Morgan fingerprint density at radius 2 is 0.844 bits per heavy atom. The van der Waals surface area contributed by atoms with Gasteiger partial charge in [0.1, 0.15) is 0 Å². The normalized spacial score (nSPS) is 37.9. The minimum Gasteiger partial charge on any atom is -0.550 e. The van der Waals surface area contributed by atoms with E-state index in [1.807, 2.05) is 0 Å². The molecule has 0 aromatic heterocycles. The van der Waals surface area contributed by atoms with Crippen molar-refractivity contribution in [2.75, 3.05) is 26.4 Å². The molecule has 6 rings (SSSR count).